The molecule has 1 aromatic heterocycles. The second-order valence-corrected chi connectivity index (χ2v) is 2.06. The van der Waals surface area contributed by atoms with Gasteiger partial charge in [0.1, 0.15) is 0 Å². The van der Waals surface area contributed by atoms with Crippen molar-refractivity contribution >= 4 is 29.8 Å². The number of hydrogen-bond donors (Lipinski definition) is 1. The van der Waals surface area contributed by atoms with Gasteiger partial charge in [-0.2, -0.15) is 0 Å². The van der Waals surface area contributed by atoms with Gasteiger partial charge in [0.25, 0.3) is 0 Å². The number of benzene rings is 1. The molecule has 1 aromatic carbocycles. The normalized spacial score (nSPS) is 9.20. The van der Waals surface area contributed by atoms with Crippen LogP contribution in [0.25, 0.3) is 10.9 Å². The van der Waals surface area contributed by atoms with Gasteiger partial charge in [0.15, 0.2) is 0 Å². The molecule has 0 unspecified atom stereocenters. The van der Waals surface area contributed by atoms with Gasteiger partial charge in [0.2, 0.25) is 0 Å². The first-order chi connectivity index (χ1) is 4.47. The van der Waals surface area contributed by atoms with E-state index in [9.17, 15) is 0 Å². The van der Waals surface area contributed by atoms with Gasteiger partial charge >= 0.3 is 0 Å². The summed E-state index contributed by atoms with van der Waals surface area (Å²) in [6.07, 6.45) is 1.95. The quantitative estimate of drug-likeness (QED) is 0.515. The SMILES string of the molecule is [Li].c1ccc2[nH]ccc2c1. The van der Waals surface area contributed by atoms with Crippen molar-refractivity contribution in [3.05, 3.63) is 36.5 Å². The maximum Gasteiger partial charge on any atom is 0.0453 e. The van der Waals surface area contributed by atoms with Crippen LogP contribution in [0.5, 0.6) is 0 Å². The smallest absolute Gasteiger partial charge is 0.0453 e. The maximum atomic E-state index is 3.12. The van der Waals surface area contributed by atoms with Crippen LogP contribution in [0.3, 0.4) is 0 Å². The largest absolute Gasteiger partial charge is 0.361 e. The molecule has 0 spiro atoms. The van der Waals surface area contributed by atoms with Crippen molar-refractivity contribution in [3.63, 3.8) is 0 Å². The third-order valence-corrected chi connectivity index (χ3v) is 1.46. The molecular formula is C8H7LiN. The predicted octanol–water partition coefficient (Wildman–Crippen LogP) is 1.79. The molecule has 1 nitrogen and oxygen atoms in total. The Bertz CT molecular complexity index is 283. The standard InChI is InChI=1S/C8H7N.Li/c1-2-4-8-7(3-1)5-6-9-8;/h1-6,9H;. The average molecular weight is 124 g/mol. The first kappa shape index (κ1) is 7.46. The minimum Gasteiger partial charge on any atom is -0.361 e. The first-order valence-electron chi connectivity index (χ1n) is 2.99. The summed E-state index contributed by atoms with van der Waals surface area (Å²) in [4.78, 5) is 3.12. The Morgan fingerprint density at radius 1 is 1.00 bits per heavy atom. The minimum atomic E-state index is 0. The van der Waals surface area contributed by atoms with Gasteiger partial charge in [-0.1, -0.05) is 18.2 Å². The monoisotopic (exact) mass is 124 g/mol. The van der Waals surface area contributed by atoms with E-state index in [0.29, 0.717) is 0 Å². The van der Waals surface area contributed by atoms with E-state index in [2.05, 4.69) is 23.2 Å². The Morgan fingerprint density at radius 2 is 1.80 bits per heavy atom. The van der Waals surface area contributed by atoms with Crippen LogP contribution in [0.15, 0.2) is 36.5 Å². The van der Waals surface area contributed by atoms with Crippen molar-refractivity contribution in [1.29, 1.82) is 0 Å². The van der Waals surface area contributed by atoms with Crippen LogP contribution < -0.4 is 0 Å². The molecule has 0 bridgehead atoms. The topological polar surface area (TPSA) is 15.8 Å². The second-order valence-electron chi connectivity index (χ2n) is 2.06. The number of H-pyrrole nitrogens is 1. The fourth-order valence-electron chi connectivity index (χ4n) is 0.995. The molecule has 0 saturated carbocycles. The van der Waals surface area contributed by atoms with Crippen LogP contribution >= 0.6 is 0 Å². The molecule has 0 aliphatic carbocycles. The number of aromatic amines is 1. The fraction of sp³-hybridized carbons (Fsp3) is 0. The van der Waals surface area contributed by atoms with Crippen LogP contribution in [0.1, 0.15) is 0 Å². The summed E-state index contributed by atoms with van der Waals surface area (Å²) in [5.74, 6) is 0. The molecule has 0 aliphatic rings. The molecular weight excluding hydrogens is 117 g/mol. The molecule has 2 heteroatoms. The van der Waals surface area contributed by atoms with Crippen molar-refractivity contribution in [3.8, 4) is 0 Å². The second kappa shape index (κ2) is 2.96. The van der Waals surface area contributed by atoms with Crippen LogP contribution in [-0.4, -0.2) is 23.8 Å². The van der Waals surface area contributed by atoms with Crippen molar-refractivity contribution < 1.29 is 0 Å². The van der Waals surface area contributed by atoms with E-state index >= 15 is 0 Å². The molecule has 2 rings (SSSR count). The Hall–Kier alpha value is -0.643. The van der Waals surface area contributed by atoms with Crippen LogP contribution in [-0.2, 0) is 0 Å². The number of rotatable bonds is 0. The molecule has 10 heavy (non-hydrogen) atoms. The van der Waals surface area contributed by atoms with Gasteiger partial charge in [0, 0.05) is 30.6 Å². The Kier molecular flexibility index (Phi) is 2.21. The van der Waals surface area contributed by atoms with Crippen LogP contribution in [0.2, 0.25) is 0 Å². The molecule has 1 N–H and O–H groups in total. The summed E-state index contributed by atoms with van der Waals surface area (Å²) in [6.45, 7) is 0. The Labute approximate surface area is 71.6 Å². The molecule has 2 aromatic rings. The van der Waals surface area contributed by atoms with Crippen molar-refractivity contribution in [2.24, 2.45) is 0 Å². The summed E-state index contributed by atoms with van der Waals surface area (Å²) >= 11 is 0. The van der Waals surface area contributed by atoms with Gasteiger partial charge in [-0.3, -0.25) is 0 Å². The zero-order valence-electron chi connectivity index (χ0n) is 5.96. The maximum absolute atomic E-state index is 3.12. The van der Waals surface area contributed by atoms with E-state index in [1.807, 2.05) is 18.3 Å². The summed E-state index contributed by atoms with van der Waals surface area (Å²) < 4.78 is 0. The molecule has 0 saturated heterocycles. The summed E-state index contributed by atoms with van der Waals surface area (Å²) in [5, 5.41) is 1.28. The third kappa shape index (κ3) is 1.11. The molecule has 0 fully saturated rings. The molecule has 0 atom stereocenters. The molecule has 1 heterocycles. The van der Waals surface area contributed by atoms with E-state index in [1.165, 1.54) is 10.9 Å². The van der Waals surface area contributed by atoms with Crippen LogP contribution in [0, 0.1) is 0 Å². The van der Waals surface area contributed by atoms with Gasteiger partial charge in [-0.05, 0) is 17.5 Å². The van der Waals surface area contributed by atoms with E-state index < -0.39 is 0 Å². The number of nitrogens with one attached hydrogen (secondary N) is 1. The number of hydrogen-bond acceptors (Lipinski definition) is 0. The Balaban J connectivity index is 0.000000500. The molecule has 45 valence electrons. The average Bonchev–Trinajstić information content (AvgIpc) is 2.33. The molecule has 1 radical (unpaired) electrons. The van der Waals surface area contributed by atoms with E-state index in [1.54, 1.807) is 0 Å². The van der Waals surface area contributed by atoms with Crippen molar-refractivity contribution in [2.45, 2.75) is 0 Å². The first-order valence-corrected chi connectivity index (χ1v) is 2.99. The predicted molar refractivity (Wildman–Crippen MR) is 44.1 cm³/mol. The van der Waals surface area contributed by atoms with Crippen molar-refractivity contribution in [2.75, 3.05) is 0 Å². The zero-order chi connectivity index (χ0) is 6.10. The summed E-state index contributed by atoms with van der Waals surface area (Å²) in [6, 6.07) is 10.3. The van der Waals surface area contributed by atoms with Crippen molar-refractivity contribution in [1.82, 2.24) is 4.98 Å². The zero-order valence-corrected chi connectivity index (χ0v) is 5.96. The van der Waals surface area contributed by atoms with Gasteiger partial charge in [-0.15, -0.1) is 0 Å². The number of para-hydroxylation sites is 1. The Morgan fingerprint density at radius 3 is 2.60 bits per heavy atom. The van der Waals surface area contributed by atoms with Gasteiger partial charge in [0.05, 0.1) is 0 Å². The summed E-state index contributed by atoms with van der Waals surface area (Å²) in [7, 11) is 0. The van der Waals surface area contributed by atoms with E-state index in [-0.39, 0.29) is 18.9 Å². The molecule has 0 aliphatic heterocycles. The third-order valence-electron chi connectivity index (χ3n) is 1.46. The van der Waals surface area contributed by atoms with Crippen LogP contribution in [0.4, 0.5) is 0 Å². The number of aromatic nitrogens is 1. The van der Waals surface area contributed by atoms with E-state index in [4.69, 9.17) is 0 Å². The fourth-order valence-corrected chi connectivity index (χ4v) is 0.995. The summed E-state index contributed by atoms with van der Waals surface area (Å²) in [5.41, 5.74) is 1.21. The van der Waals surface area contributed by atoms with E-state index in [0.717, 1.165) is 0 Å². The van der Waals surface area contributed by atoms with Gasteiger partial charge in [-0.25, -0.2) is 0 Å². The minimum absolute atomic E-state index is 0. The number of fused-ring (bicyclic) bond motifs is 1. The van der Waals surface area contributed by atoms with Gasteiger partial charge < -0.3 is 4.98 Å². The molecule has 0 amide bonds.